The highest BCUT2D eigenvalue weighted by atomic mass is 16.5. The molecular formula is C8H12N2O2. The summed E-state index contributed by atoms with van der Waals surface area (Å²) in [4.78, 5) is 11.3. The molecule has 12 heavy (non-hydrogen) atoms. The van der Waals surface area contributed by atoms with E-state index in [-0.39, 0.29) is 5.91 Å². The van der Waals surface area contributed by atoms with Crippen molar-refractivity contribution in [3.63, 3.8) is 0 Å². The minimum Gasteiger partial charge on any atom is -0.364 e. The van der Waals surface area contributed by atoms with Gasteiger partial charge in [-0.3, -0.25) is 4.79 Å². The van der Waals surface area contributed by atoms with Gasteiger partial charge in [-0.15, -0.1) is 0 Å². The van der Waals surface area contributed by atoms with E-state index in [4.69, 9.17) is 0 Å². The van der Waals surface area contributed by atoms with Crippen molar-refractivity contribution < 1.29 is 9.32 Å². The Morgan fingerprint density at radius 2 is 2.50 bits per heavy atom. The lowest BCUT2D eigenvalue weighted by Crippen LogP contribution is -2.24. The van der Waals surface area contributed by atoms with Crippen LogP contribution in [0.4, 0.5) is 0 Å². The van der Waals surface area contributed by atoms with E-state index in [1.165, 1.54) is 6.26 Å². The van der Waals surface area contributed by atoms with Crippen LogP contribution in [0.15, 0.2) is 10.8 Å². The number of nitrogens with one attached hydrogen (secondary N) is 1. The quantitative estimate of drug-likeness (QED) is 0.735. The first kappa shape index (κ1) is 8.77. The maximum absolute atomic E-state index is 11.3. The zero-order valence-electron chi connectivity index (χ0n) is 7.26. The highest BCUT2D eigenvalue weighted by molar-refractivity contribution is 5.93. The Morgan fingerprint density at radius 3 is 3.00 bits per heavy atom. The number of carbonyl (C=O) groups excluding carboxylic acids is 1. The third-order valence-electron chi connectivity index (χ3n) is 1.50. The molecule has 0 aromatic carbocycles. The monoisotopic (exact) mass is 168 g/mol. The zero-order chi connectivity index (χ0) is 8.97. The van der Waals surface area contributed by atoms with Crippen molar-refractivity contribution in [3.8, 4) is 0 Å². The SMILES string of the molecule is CCCNC(=O)c1nocc1C. The van der Waals surface area contributed by atoms with E-state index in [2.05, 4.69) is 15.0 Å². The Morgan fingerprint density at radius 1 is 1.75 bits per heavy atom. The Labute approximate surface area is 70.9 Å². The molecule has 0 spiro atoms. The second-order valence-electron chi connectivity index (χ2n) is 2.60. The van der Waals surface area contributed by atoms with Gasteiger partial charge in [-0.05, 0) is 13.3 Å². The molecule has 0 fully saturated rings. The van der Waals surface area contributed by atoms with E-state index in [1.54, 1.807) is 6.92 Å². The largest absolute Gasteiger partial charge is 0.364 e. The minimum absolute atomic E-state index is 0.164. The molecule has 1 rings (SSSR count). The third kappa shape index (κ3) is 1.84. The summed E-state index contributed by atoms with van der Waals surface area (Å²) in [6.07, 6.45) is 2.38. The van der Waals surface area contributed by atoms with Gasteiger partial charge in [0.2, 0.25) is 0 Å². The van der Waals surface area contributed by atoms with E-state index in [0.717, 1.165) is 12.0 Å². The number of aromatic nitrogens is 1. The molecule has 1 amide bonds. The molecule has 1 heterocycles. The second kappa shape index (κ2) is 3.90. The molecule has 4 nitrogen and oxygen atoms in total. The third-order valence-corrected chi connectivity index (χ3v) is 1.50. The van der Waals surface area contributed by atoms with E-state index in [0.29, 0.717) is 12.2 Å². The highest BCUT2D eigenvalue weighted by Gasteiger charge is 2.11. The van der Waals surface area contributed by atoms with Crippen molar-refractivity contribution in [2.75, 3.05) is 6.54 Å². The van der Waals surface area contributed by atoms with E-state index in [1.807, 2.05) is 6.92 Å². The number of amides is 1. The van der Waals surface area contributed by atoms with Crippen molar-refractivity contribution in [2.45, 2.75) is 20.3 Å². The Kier molecular flexibility index (Phi) is 2.85. The van der Waals surface area contributed by atoms with Gasteiger partial charge in [-0.1, -0.05) is 12.1 Å². The number of aryl methyl sites for hydroxylation is 1. The van der Waals surface area contributed by atoms with E-state index >= 15 is 0 Å². The Hall–Kier alpha value is -1.32. The second-order valence-corrected chi connectivity index (χ2v) is 2.60. The summed E-state index contributed by atoms with van der Waals surface area (Å²) >= 11 is 0. The van der Waals surface area contributed by atoms with Gasteiger partial charge in [0, 0.05) is 12.1 Å². The molecule has 0 saturated heterocycles. The molecule has 4 heteroatoms. The lowest BCUT2D eigenvalue weighted by atomic mass is 10.2. The molecule has 66 valence electrons. The predicted molar refractivity (Wildman–Crippen MR) is 43.9 cm³/mol. The molecule has 1 N–H and O–H groups in total. The summed E-state index contributed by atoms with van der Waals surface area (Å²) < 4.78 is 4.64. The van der Waals surface area contributed by atoms with Gasteiger partial charge in [0.1, 0.15) is 6.26 Å². The molecule has 0 saturated carbocycles. The standard InChI is InChI=1S/C8H12N2O2/c1-3-4-9-8(11)7-6(2)5-12-10-7/h5H,3-4H2,1-2H3,(H,9,11). The molecule has 0 atom stereocenters. The van der Waals surface area contributed by atoms with Crippen molar-refractivity contribution >= 4 is 5.91 Å². The summed E-state index contributed by atoms with van der Waals surface area (Å²) in [5, 5.41) is 6.30. The average molecular weight is 168 g/mol. The van der Waals surface area contributed by atoms with Gasteiger partial charge < -0.3 is 9.84 Å². The predicted octanol–water partition coefficient (Wildman–Crippen LogP) is 1.12. The van der Waals surface area contributed by atoms with Gasteiger partial charge >= 0.3 is 0 Å². The van der Waals surface area contributed by atoms with Crippen LogP contribution >= 0.6 is 0 Å². The van der Waals surface area contributed by atoms with E-state index in [9.17, 15) is 4.79 Å². The first-order chi connectivity index (χ1) is 5.75. The summed E-state index contributed by atoms with van der Waals surface area (Å²) in [6, 6.07) is 0. The maximum atomic E-state index is 11.3. The minimum atomic E-state index is -0.164. The molecule has 0 aliphatic rings. The molecule has 0 radical (unpaired) electrons. The summed E-state index contributed by atoms with van der Waals surface area (Å²) in [5.41, 5.74) is 1.15. The van der Waals surface area contributed by atoms with Crippen molar-refractivity contribution in [2.24, 2.45) is 0 Å². The van der Waals surface area contributed by atoms with Crippen LogP contribution in [0, 0.1) is 6.92 Å². The number of rotatable bonds is 3. The summed E-state index contributed by atoms with van der Waals surface area (Å²) in [6.45, 7) is 4.46. The lowest BCUT2D eigenvalue weighted by Gasteiger charge is -1.98. The molecule has 0 aliphatic carbocycles. The molecule has 0 aliphatic heterocycles. The highest BCUT2D eigenvalue weighted by Crippen LogP contribution is 2.03. The summed E-state index contributed by atoms with van der Waals surface area (Å²) in [7, 11) is 0. The maximum Gasteiger partial charge on any atom is 0.273 e. The van der Waals surface area contributed by atoms with Crippen LogP contribution in [0.5, 0.6) is 0 Å². The van der Waals surface area contributed by atoms with Crippen LogP contribution in [-0.2, 0) is 0 Å². The van der Waals surface area contributed by atoms with Crippen LogP contribution in [0.25, 0.3) is 0 Å². The Balaban J connectivity index is 2.59. The van der Waals surface area contributed by atoms with Gasteiger partial charge in [0.05, 0.1) is 0 Å². The molecular weight excluding hydrogens is 156 g/mol. The number of hydrogen-bond acceptors (Lipinski definition) is 3. The van der Waals surface area contributed by atoms with Gasteiger partial charge in [0.25, 0.3) is 5.91 Å². The van der Waals surface area contributed by atoms with Gasteiger partial charge in [0.15, 0.2) is 5.69 Å². The van der Waals surface area contributed by atoms with E-state index < -0.39 is 0 Å². The normalized spacial score (nSPS) is 9.83. The fourth-order valence-electron chi connectivity index (χ4n) is 0.829. The van der Waals surface area contributed by atoms with Crippen LogP contribution in [0.2, 0.25) is 0 Å². The number of nitrogens with zero attached hydrogens (tertiary/aromatic N) is 1. The lowest BCUT2D eigenvalue weighted by molar-refractivity contribution is 0.0944. The van der Waals surface area contributed by atoms with Gasteiger partial charge in [-0.25, -0.2) is 0 Å². The Bertz CT molecular complexity index is 268. The van der Waals surface area contributed by atoms with Crippen LogP contribution in [0.1, 0.15) is 29.4 Å². The van der Waals surface area contributed by atoms with Crippen LogP contribution in [-0.4, -0.2) is 17.6 Å². The topological polar surface area (TPSA) is 55.1 Å². The first-order valence-electron chi connectivity index (χ1n) is 3.95. The fraction of sp³-hybridized carbons (Fsp3) is 0.500. The summed E-state index contributed by atoms with van der Waals surface area (Å²) in [5.74, 6) is -0.164. The molecule has 0 bridgehead atoms. The number of hydrogen-bond donors (Lipinski definition) is 1. The molecule has 1 aromatic rings. The van der Waals surface area contributed by atoms with Crippen molar-refractivity contribution in [3.05, 3.63) is 17.5 Å². The zero-order valence-corrected chi connectivity index (χ0v) is 7.26. The van der Waals surface area contributed by atoms with Crippen LogP contribution in [0.3, 0.4) is 0 Å². The van der Waals surface area contributed by atoms with Crippen LogP contribution < -0.4 is 5.32 Å². The number of carbonyl (C=O) groups is 1. The smallest absolute Gasteiger partial charge is 0.273 e. The molecule has 0 unspecified atom stereocenters. The average Bonchev–Trinajstić information content (AvgIpc) is 2.47. The van der Waals surface area contributed by atoms with Crippen molar-refractivity contribution in [1.82, 2.24) is 10.5 Å². The molecule has 1 aromatic heterocycles. The van der Waals surface area contributed by atoms with Crippen molar-refractivity contribution in [1.29, 1.82) is 0 Å². The van der Waals surface area contributed by atoms with Gasteiger partial charge in [-0.2, -0.15) is 0 Å². The fourth-order valence-corrected chi connectivity index (χ4v) is 0.829. The first-order valence-corrected chi connectivity index (χ1v) is 3.95.